The molecule has 0 heterocycles. The number of nitrogens with zero attached hydrogens (tertiary/aromatic N) is 1. The van der Waals surface area contributed by atoms with Gasteiger partial charge in [-0.25, -0.2) is 0 Å². The average Bonchev–Trinajstić information content (AvgIpc) is 3.34. The maximum absolute atomic E-state index is 12.8. The van der Waals surface area contributed by atoms with Gasteiger partial charge in [0.1, 0.15) is 6.54 Å². The molecule has 2 amide bonds. The first-order valence-electron chi connectivity index (χ1n) is 8.02. The van der Waals surface area contributed by atoms with Crippen LogP contribution in [0.1, 0.15) is 26.7 Å². The van der Waals surface area contributed by atoms with Crippen LogP contribution in [0.15, 0.2) is 29.2 Å². The van der Waals surface area contributed by atoms with Crippen LogP contribution in [0.4, 0.5) is 18.9 Å². The molecule has 138 valence electrons. The summed E-state index contributed by atoms with van der Waals surface area (Å²) in [6.45, 7) is 1.89. The Kier molecular flexibility index (Phi) is 6.37. The molecule has 0 aliphatic heterocycles. The van der Waals surface area contributed by atoms with Crippen molar-refractivity contribution in [2.75, 3.05) is 17.6 Å². The lowest BCUT2D eigenvalue weighted by atomic mass is 10.2. The van der Waals surface area contributed by atoms with Crippen molar-refractivity contribution >= 4 is 29.3 Å². The molecule has 1 aliphatic rings. The van der Waals surface area contributed by atoms with Crippen LogP contribution in [0.5, 0.6) is 0 Å². The van der Waals surface area contributed by atoms with Crippen molar-refractivity contribution in [2.24, 2.45) is 5.92 Å². The zero-order valence-corrected chi connectivity index (χ0v) is 14.9. The number of hydrogen-bond acceptors (Lipinski definition) is 3. The molecule has 0 radical (unpaired) electrons. The third-order valence-electron chi connectivity index (χ3n) is 4.00. The number of carbonyl (C=O) groups excluding carboxylic acids is 2. The molecule has 0 aromatic heterocycles. The topological polar surface area (TPSA) is 49.4 Å². The average molecular weight is 374 g/mol. The number of anilines is 1. The number of hydrogen-bond donors (Lipinski definition) is 1. The normalized spacial score (nSPS) is 15.6. The van der Waals surface area contributed by atoms with E-state index in [-0.39, 0.29) is 17.6 Å². The summed E-state index contributed by atoms with van der Waals surface area (Å²) < 4.78 is 38.4. The first-order valence-corrected chi connectivity index (χ1v) is 9.01. The summed E-state index contributed by atoms with van der Waals surface area (Å²) in [5.74, 6) is -0.569. The molecule has 2 rings (SSSR count). The van der Waals surface area contributed by atoms with Crippen molar-refractivity contribution in [3.8, 4) is 0 Å². The number of amides is 2. The Bertz CT molecular complexity index is 615. The van der Waals surface area contributed by atoms with Gasteiger partial charge in [0.15, 0.2) is 0 Å². The number of alkyl halides is 3. The van der Waals surface area contributed by atoms with Crippen molar-refractivity contribution < 1.29 is 22.8 Å². The van der Waals surface area contributed by atoms with E-state index in [0.29, 0.717) is 5.69 Å². The Hall–Kier alpha value is -1.70. The highest BCUT2D eigenvalue weighted by Crippen LogP contribution is 2.36. The number of nitrogens with one attached hydrogen (secondary N) is 1. The minimum Gasteiger partial charge on any atom is -0.330 e. The summed E-state index contributed by atoms with van der Waals surface area (Å²) in [6.07, 6.45) is -2.65. The van der Waals surface area contributed by atoms with Crippen LogP contribution in [-0.2, 0) is 9.59 Å². The van der Waals surface area contributed by atoms with E-state index < -0.39 is 24.7 Å². The van der Waals surface area contributed by atoms with Crippen LogP contribution in [0.2, 0.25) is 0 Å². The van der Waals surface area contributed by atoms with Gasteiger partial charge < -0.3 is 10.2 Å². The number of rotatable bonds is 7. The lowest BCUT2D eigenvalue weighted by Gasteiger charge is -2.30. The van der Waals surface area contributed by atoms with Crippen molar-refractivity contribution in [3.63, 3.8) is 0 Å². The predicted molar refractivity (Wildman–Crippen MR) is 91.4 cm³/mol. The molecule has 25 heavy (non-hydrogen) atoms. The van der Waals surface area contributed by atoms with Gasteiger partial charge in [-0.15, -0.1) is 11.8 Å². The second kappa shape index (κ2) is 8.12. The first kappa shape index (κ1) is 19.6. The van der Waals surface area contributed by atoms with Gasteiger partial charge in [0.25, 0.3) is 0 Å². The van der Waals surface area contributed by atoms with E-state index in [2.05, 4.69) is 5.32 Å². The van der Waals surface area contributed by atoms with Crippen LogP contribution in [0.25, 0.3) is 0 Å². The summed E-state index contributed by atoms with van der Waals surface area (Å²) >= 11 is 1.19. The van der Waals surface area contributed by atoms with Crippen LogP contribution in [0.3, 0.4) is 0 Å². The van der Waals surface area contributed by atoms with Crippen molar-refractivity contribution in [1.82, 2.24) is 4.90 Å². The second-order valence-electron chi connectivity index (χ2n) is 6.21. The van der Waals surface area contributed by atoms with Crippen LogP contribution in [0, 0.1) is 5.92 Å². The monoisotopic (exact) mass is 374 g/mol. The fourth-order valence-electron chi connectivity index (χ4n) is 2.55. The van der Waals surface area contributed by atoms with Crippen molar-refractivity contribution in [3.05, 3.63) is 24.3 Å². The molecule has 8 heteroatoms. The maximum Gasteiger partial charge on any atom is 0.406 e. The molecule has 0 unspecified atom stereocenters. The van der Waals surface area contributed by atoms with Crippen molar-refractivity contribution in [2.45, 2.75) is 43.8 Å². The van der Waals surface area contributed by atoms with Gasteiger partial charge in [-0.1, -0.05) is 0 Å². The summed E-state index contributed by atoms with van der Waals surface area (Å²) in [4.78, 5) is 25.0. The standard InChI is InChI=1S/C17H21F3N2O2S/c1-11(13-3-4-13)22(10-17(18,19)20)16(24)9-25-15-7-5-14(6-8-15)21-12(2)23/h5-8,11,13H,3-4,9-10H2,1-2H3,(H,21,23)/t11-/m0/s1. The molecule has 4 nitrogen and oxygen atoms in total. The lowest BCUT2D eigenvalue weighted by molar-refractivity contribution is -0.164. The SMILES string of the molecule is CC(=O)Nc1ccc(SCC(=O)N(CC(F)(F)F)[C@@H](C)C2CC2)cc1. The van der Waals surface area contributed by atoms with E-state index in [4.69, 9.17) is 0 Å². The van der Waals surface area contributed by atoms with Gasteiger partial charge in [-0.2, -0.15) is 13.2 Å². The minimum atomic E-state index is -4.40. The fourth-order valence-corrected chi connectivity index (χ4v) is 3.34. The van der Waals surface area contributed by atoms with E-state index in [1.165, 1.54) is 18.7 Å². The van der Waals surface area contributed by atoms with Crippen LogP contribution in [-0.4, -0.2) is 41.2 Å². The molecule has 1 N–H and O–H groups in total. The highest BCUT2D eigenvalue weighted by molar-refractivity contribution is 8.00. The molecule has 1 aromatic rings. The molecule has 0 saturated heterocycles. The number of thioether (sulfide) groups is 1. The Morgan fingerprint density at radius 1 is 1.28 bits per heavy atom. The zero-order valence-electron chi connectivity index (χ0n) is 14.1. The van der Waals surface area contributed by atoms with Gasteiger partial charge in [0, 0.05) is 23.5 Å². The highest BCUT2D eigenvalue weighted by Gasteiger charge is 2.40. The Labute approximate surface area is 149 Å². The van der Waals surface area contributed by atoms with Gasteiger partial charge >= 0.3 is 6.18 Å². The molecule has 1 saturated carbocycles. The number of halogens is 3. The third-order valence-corrected chi connectivity index (χ3v) is 5.00. The van der Waals surface area contributed by atoms with E-state index in [1.807, 2.05) is 0 Å². The molecule has 0 bridgehead atoms. The summed E-state index contributed by atoms with van der Waals surface area (Å²) in [7, 11) is 0. The van der Waals surface area contributed by atoms with Crippen LogP contribution < -0.4 is 5.32 Å². The molecule has 1 atom stereocenters. The van der Waals surface area contributed by atoms with Crippen LogP contribution >= 0.6 is 11.8 Å². The summed E-state index contributed by atoms with van der Waals surface area (Å²) in [6, 6.07) is 6.43. The molecule has 1 aromatic carbocycles. The summed E-state index contributed by atoms with van der Waals surface area (Å²) in [5.41, 5.74) is 0.629. The number of benzene rings is 1. The van der Waals surface area contributed by atoms with E-state index in [0.717, 1.165) is 22.6 Å². The fraction of sp³-hybridized carbons (Fsp3) is 0.529. The van der Waals surface area contributed by atoms with Gasteiger partial charge in [-0.3, -0.25) is 9.59 Å². The van der Waals surface area contributed by atoms with Gasteiger partial charge in [0.2, 0.25) is 11.8 Å². The quantitative estimate of drug-likeness (QED) is 0.736. The van der Waals surface area contributed by atoms with Gasteiger partial charge in [-0.05, 0) is 49.9 Å². The molecule has 0 spiro atoms. The van der Waals surface area contributed by atoms with E-state index in [9.17, 15) is 22.8 Å². The molecule has 1 fully saturated rings. The molecule has 1 aliphatic carbocycles. The van der Waals surface area contributed by atoms with Gasteiger partial charge in [0.05, 0.1) is 5.75 Å². The smallest absolute Gasteiger partial charge is 0.330 e. The largest absolute Gasteiger partial charge is 0.406 e. The van der Waals surface area contributed by atoms with E-state index >= 15 is 0 Å². The minimum absolute atomic E-state index is 0.0490. The van der Waals surface area contributed by atoms with E-state index in [1.54, 1.807) is 31.2 Å². The molecular formula is C17H21F3N2O2S. The number of carbonyl (C=O) groups is 2. The molecular weight excluding hydrogens is 353 g/mol. The Balaban J connectivity index is 1.94. The predicted octanol–water partition coefficient (Wildman–Crippen LogP) is 3.93. The highest BCUT2D eigenvalue weighted by atomic mass is 32.2. The Morgan fingerprint density at radius 2 is 1.88 bits per heavy atom. The second-order valence-corrected chi connectivity index (χ2v) is 7.26. The first-order chi connectivity index (χ1) is 11.7. The maximum atomic E-state index is 12.8. The third kappa shape index (κ3) is 6.61. The lowest BCUT2D eigenvalue weighted by Crippen LogP contribution is -2.46. The zero-order chi connectivity index (χ0) is 18.6. The Morgan fingerprint density at radius 3 is 2.36 bits per heavy atom. The van der Waals surface area contributed by atoms with Crippen molar-refractivity contribution in [1.29, 1.82) is 0 Å². The summed E-state index contributed by atoms with van der Waals surface area (Å²) in [5, 5.41) is 2.63.